The lowest BCUT2D eigenvalue weighted by molar-refractivity contribution is -0.129. The summed E-state index contributed by atoms with van der Waals surface area (Å²) in [5.74, 6) is 0.911. The van der Waals surface area contributed by atoms with Crippen LogP contribution in [0, 0.1) is 5.92 Å². The van der Waals surface area contributed by atoms with Crippen molar-refractivity contribution in [2.45, 2.75) is 19.4 Å². The first-order valence-electron chi connectivity index (χ1n) is 8.28. The van der Waals surface area contributed by atoms with Gasteiger partial charge in [0.15, 0.2) is 11.5 Å². The maximum Gasteiger partial charge on any atom is 0.231 e. The summed E-state index contributed by atoms with van der Waals surface area (Å²) in [5, 5.41) is 5.35. The summed E-state index contributed by atoms with van der Waals surface area (Å²) in [6.45, 7) is 2.07. The molecule has 25 heavy (non-hydrogen) atoms. The van der Waals surface area contributed by atoms with Crippen LogP contribution in [0.2, 0.25) is 0 Å². The van der Waals surface area contributed by atoms with Gasteiger partial charge in [0, 0.05) is 32.6 Å². The van der Waals surface area contributed by atoms with Gasteiger partial charge >= 0.3 is 0 Å². The number of carbonyl (C=O) groups is 3. The van der Waals surface area contributed by atoms with E-state index in [9.17, 15) is 14.4 Å². The summed E-state index contributed by atoms with van der Waals surface area (Å²) < 4.78 is 10.6. The molecule has 2 heterocycles. The van der Waals surface area contributed by atoms with E-state index in [4.69, 9.17) is 9.47 Å². The number of amides is 3. The Kier molecular flexibility index (Phi) is 5.37. The minimum absolute atomic E-state index is 0.0274. The SMILES string of the molecule is O=CNCCCNC(=O)C1CC(=O)N(Cc2ccc3c(c2)OCO3)C1. The molecule has 0 spiro atoms. The monoisotopic (exact) mass is 347 g/mol. The molecule has 2 aliphatic rings. The minimum atomic E-state index is -0.333. The van der Waals surface area contributed by atoms with Gasteiger partial charge in [-0.05, 0) is 24.1 Å². The van der Waals surface area contributed by atoms with Gasteiger partial charge in [-0.2, -0.15) is 0 Å². The molecular weight excluding hydrogens is 326 g/mol. The predicted molar refractivity (Wildman–Crippen MR) is 87.8 cm³/mol. The number of carbonyl (C=O) groups excluding carboxylic acids is 3. The van der Waals surface area contributed by atoms with E-state index in [0.717, 1.165) is 5.56 Å². The molecule has 0 bridgehead atoms. The Balaban J connectivity index is 1.48. The topological polar surface area (TPSA) is 97.0 Å². The zero-order valence-corrected chi connectivity index (χ0v) is 13.8. The van der Waals surface area contributed by atoms with Gasteiger partial charge in [-0.15, -0.1) is 0 Å². The standard InChI is InChI=1S/C17H21N3O5/c21-10-18-4-1-5-19-17(23)13-7-16(22)20(9-13)8-12-2-3-14-15(6-12)25-11-24-14/h2-3,6,10,13H,1,4-5,7-9,11H2,(H,18,21)(H,19,23). The van der Waals surface area contributed by atoms with Gasteiger partial charge in [0.05, 0.1) is 5.92 Å². The first kappa shape index (κ1) is 17.1. The van der Waals surface area contributed by atoms with Crippen LogP contribution in [-0.2, 0) is 20.9 Å². The molecule has 134 valence electrons. The first-order valence-corrected chi connectivity index (χ1v) is 8.28. The highest BCUT2D eigenvalue weighted by Gasteiger charge is 2.34. The van der Waals surface area contributed by atoms with Crippen LogP contribution in [0.3, 0.4) is 0 Å². The Morgan fingerprint density at radius 1 is 1.28 bits per heavy atom. The largest absolute Gasteiger partial charge is 0.454 e. The minimum Gasteiger partial charge on any atom is -0.454 e. The molecule has 2 N–H and O–H groups in total. The smallest absolute Gasteiger partial charge is 0.231 e. The Hall–Kier alpha value is -2.77. The maximum absolute atomic E-state index is 12.2. The number of rotatable bonds is 8. The Bertz CT molecular complexity index is 664. The summed E-state index contributed by atoms with van der Waals surface area (Å²) in [6.07, 6.45) is 1.51. The highest BCUT2D eigenvalue weighted by molar-refractivity contribution is 5.89. The number of nitrogens with one attached hydrogen (secondary N) is 2. The number of fused-ring (bicyclic) bond motifs is 1. The normalized spacial score (nSPS) is 18.3. The van der Waals surface area contributed by atoms with Crippen molar-refractivity contribution >= 4 is 18.2 Å². The molecule has 1 saturated heterocycles. The highest BCUT2D eigenvalue weighted by Crippen LogP contribution is 2.33. The molecule has 3 rings (SSSR count). The Labute approximate surface area is 145 Å². The van der Waals surface area contributed by atoms with Gasteiger partial charge in [-0.25, -0.2) is 0 Å². The van der Waals surface area contributed by atoms with Crippen molar-refractivity contribution < 1.29 is 23.9 Å². The lowest BCUT2D eigenvalue weighted by atomic mass is 10.1. The van der Waals surface area contributed by atoms with Crippen LogP contribution in [0.1, 0.15) is 18.4 Å². The van der Waals surface area contributed by atoms with Crippen molar-refractivity contribution in [1.29, 1.82) is 0 Å². The molecule has 1 atom stereocenters. The second-order valence-corrected chi connectivity index (χ2v) is 6.08. The zero-order chi connectivity index (χ0) is 17.6. The van der Waals surface area contributed by atoms with Gasteiger partial charge < -0.3 is 25.0 Å². The number of benzene rings is 1. The molecule has 1 aromatic rings. The van der Waals surface area contributed by atoms with Gasteiger partial charge in [0.2, 0.25) is 25.0 Å². The van der Waals surface area contributed by atoms with Crippen LogP contribution in [0.15, 0.2) is 18.2 Å². The lowest BCUT2D eigenvalue weighted by Crippen LogP contribution is -2.34. The summed E-state index contributed by atoms with van der Waals surface area (Å²) >= 11 is 0. The van der Waals surface area contributed by atoms with Gasteiger partial charge in [-0.3, -0.25) is 14.4 Å². The Morgan fingerprint density at radius 3 is 2.96 bits per heavy atom. The fraction of sp³-hybridized carbons (Fsp3) is 0.471. The van der Waals surface area contributed by atoms with Crippen LogP contribution in [0.5, 0.6) is 11.5 Å². The summed E-state index contributed by atoms with van der Waals surface area (Å²) in [5.41, 5.74) is 0.943. The quantitative estimate of drug-likeness (QED) is 0.510. The molecule has 8 heteroatoms. The molecule has 0 aliphatic carbocycles. The van der Waals surface area contributed by atoms with Crippen molar-refractivity contribution in [3.05, 3.63) is 23.8 Å². The van der Waals surface area contributed by atoms with Crippen LogP contribution >= 0.6 is 0 Å². The zero-order valence-electron chi connectivity index (χ0n) is 13.8. The molecule has 1 fully saturated rings. The second kappa shape index (κ2) is 7.87. The molecular formula is C17H21N3O5. The van der Waals surface area contributed by atoms with Crippen LogP contribution in [-0.4, -0.2) is 49.6 Å². The third-order valence-electron chi connectivity index (χ3n) is 4.28. The van der Waals surface area contributed by atoms with E-state index in [2.05, 4.69) is 10.6 Å². The van der Waals surface area contributed by atoms with Crippen molar-refractivity contribution in [1.82, 2.24) is 15.5 Å². The van der Waals surface area contributed by atoms with Crippen molar-refractivity contribution in [2.75, 3.05) is 26.4 Å². The molecule has 1 unspecified atom stereocenters. The van der Waals surface area contributed by atoms with Crippen molar-refractivity contribution in [2.24, 2.45) is 5.92 Å². The molecule has 1 aromatic carbocycles. The lowest BCUT2D eigenvalue weighted by Gasteiger charge is -2.17. The van der Waals surface area contributed by atoms with Crippen LogP contribution < -0.4 is 20.1 Å². The summed E-state index contributed by atoms with van der Waals surface area (Å²) in [6, 6.07) is 5.59. The van der Waals surface area contributed by atoms with E-state index in [1.165, 1.54) is 0 Å². The molecule has 8 nitrogen and oxygen atoms in total. The highest BCUT2D eigenvalue weighted by atomic mass is 16.7. The molecule has 0 aromatic heterocycles. The van der Waals surface area contributed by atoms with E-state index in [0.29, 0.717) is 50.5 Å². The number of ether oxygens (including phenoxy) is 2. The fourth-order valence-electron chi connectivity index (χ4n) is 2.97. The van der Waals surface area contributed by atoms with E-state index in [1.807, 2.05) is 18.2 Å². The fourth-order valence-corrected chi connectivity index (χ4v) is 2.97. The summed E-state index contributed by atoms with van der Waals surface area (Å²) in [4.78, 5) is 36.2. The average Bonchev–Trinajstić information content (AvgIpc) is 3.21. The molecule has 3 amide bonds. The third-order valence-corrected chi connectivity index (χ3v) is 4.28. The van der Waals surface area contributed by atoms with Gasteiger partial charge in [0.25, 0.3) is 0 Å². The average molecular weight is 347 g/mol. The second-order valence-electron chi connectivity index (χ2n) is 6.08. The molecule has 0 saturated carbocycles. The third kappa shape index (κ3) is 4.20. The number of hydrogen-bond acceptors (Lipinski definition) is 5. The van der Waals surface area contributed by atoms with E-state index >= 15 is 0 Å². The van der Waals surface area contributed by atoms with Crippen LogP contribution in [0.25, 0.3) is 0 Å². The number of nitrogens with zero attached hydrogens (tertiary/aromatic N) is 1. The predicted octanol–water partition coefficient (Wildman–Crippen LogP) is 0.0161. The van der Waals surface area contributed by atoms with E-state index < -0.39 is 0 Å². The van der Waals surface area contributed by atoms with Crippen molar-refractivity contribution in [3.63, 3.8) is 0 Å². The molecule has 0 radical (unpaired) electrons. The maximum atomic E-state index is 12.2. The first-order chi connectivity index (χ1) is 12.2. The van der Waals surface area contributed by atoms with Crippen molar-refractivity contribution in [3.8, 4) is 11.5 Å². The van der Waals surface area contributed by atoms with Gasteiger partial charge in [0.1, 0.15) is 0 Å². The van der Waals surface area contributed by atoms with Crippen LogP contribution in [0.4, 0.5) is 0 Å². The number of likely N-dealkylation sites (tertiary alicyclic amines) is 1. The summed E-state index contributed by atoms with van der Waals surface area (Å²) in [7, 11) is 0. The van der Waals surface area contributed by atoms with Gasteiger partial charge in [-0.1, -0.05) is 6.07 Å². The molecule has 2 aliphatic heterocycles. The van der Waals surface area contributed by atoms with E-state index in [-0.39, 0.29) is 30.9 Å². The van der Waals surface area contributed by atoms with E-state index in [1.54, 1.807) is 4.90 Å². The number of hydrogen-bond donors (Lipinski definition) is 2. The Morgan fingerprint density at radius 2 is 2.12 bits per heavy atom.